The molecule has 4 heteroatoms. The van der Waals surface area contributed by atoms with Gasteiger partial charge in [0.1, 0.15) is 0 Å². The normalized spacial score (nSPS) is 51.6. The van der Waals surface area contributed by atoms with E-state index < -0.39 is 11.6 Å². The highest BCUT2D eigenvalue weighted by Gasteiger charge is 2.75. The molecule has 4 saturated carbocycles. The third-order valence-electron chi connectivity index (χ3n) is 9.21. The average molecular weight is 383 g/mol. The molecule has 0 amide bonds. The smallest absolute Gasteiger partial charge is 0.328 e. The predicted molar refractivity (Wildman–Crippen MR) is 105 cm³/mol. The van der Waals surface area contributed by atoms with Crippen molar-refractivity contribution in [3.05, 3.63) is 36.5 Å². The molecule has 0 aliphatic heterocycles. The van der Waals surface area contributed by atoms with Crippen LogP contribution in [0.25, 0.3) is 0 Å². The first-order valence-corrected chi connectivity index (χ1v) is 10.8. The summed E-state index contributed by atoms with van der Waals surface area (Å²) < 4.78 is 0. The maximum absolute atomic E-state index is 12.0. The van der Waals surface area contributed by atoms with Gasteiger partial charge in [0.15, 0.2) is 5.78 Å². The number of rotatable bonds is 3. The average Bonchev–Trinajstić information content (AvgIpc) is 3.42. The molecular weight excluding hydrogens is 352 g/mol. The zero-order chi connectivity index (χ0) is 19.8. The Kier molecular flexibility index (Phi) is 3.88. The molecule has 0 aromatic heterocycles. The Morgan fingerprint density at radius 2 is 2.11 bits per heavy atom. The summed E-state index contributed by atoms with van der Waals surface area (Å²) in [5.41, 5.74) is 0.0360. The minimum atomic E-state index is -1.02. The standard InChI is InChI=1S/C24H30O4/c1-3-13-10-14-11-15(25)4-5-16(14)17-6-8-23(2)22(21(13)17)18-12-19(18)24(23,28)9-7-20(26)27/h3,7,9,11,13,16-19,21-22,28H,1,4-6,8,10,12H2,2H3,(H,26,27)/b9-7-/t13-,16+,17-,18-,19+,21-,22+,23+,24+/m1/s1. The van der Waals surface area contributed by atoms with Crippen LogP contribution in [0.1, 0.15) is 45.4 Å². The number of allylic oxidation sites excluding steroid dienone is 2. The van der Waals surface area contributed by atoms with Gasteiger partial charge in [-0.15, -0.1) is 6.58 Å². The van der Waals surface area contributed by atoms with Gasteiger partial charge in [-0.2, -0.15) is 0 Å². The first-order valence-electron chi connectivity index (χ1n) is 10.8. The van der Waals surface area contributed by atoms with Crippen molar-refractivity contribution < 1.29 is 19.8 Å². The zero-order valence-corrected chi connectivity index (χ0v) is 16.5. The highest BCUT2D eigenvalue weighted by atomic mass is 16.4. The van der Waals surface area contributed by atoms with Crippen LogP contribution in [0.3, 0.4) is 0 Å². The molecule has 150 valence electrons. The highest BCUT2D eigenvalue weighted by molar-refractivity contribution is 5.91. The van der Waals surface area contributed by atoms with E-state index in [0.29, 0.717) is 41.9 Å². The van der Waals surface area contributed by atoms with Crippen molar-refractivity contribution in [3.8, 4) is 0 Å². The second-order valence-electron chi connectivity index (χ2n) is 10.2. The molecule has 0 bridgehead atoms. The molecule has 0 radical (unpaired) electrons. The molecule has 28 heavy (non-hydrogen) atoms. The molecule has 0 heterocycles. The molecule has 0 saturated heterocycles. The van der Waals surface area contributed by atoms with E-state index in [0.717, 1.165) is 38.2 Å². The van der Waals surface area contributed by atoms with E-state index in [2.05, 4.69) is 19.6 Å². The number of aliphatic hydroxyl groups is 1. The quantitative estimate of drug-likeness (QED) is 0.576. The van der Waals surface area contributed by atoms with Crippen LogP contribution in [-0.2, 0) is 9.59 Å². The fourth-order valence-corrected chi connectivity index (χ4v) is 8.07. The fourth-order valence-electron chi connectivity index (χ4n) is 8.07. The Balaban J connectivity index is 1.54. The maximum Gasteiger partial charge on any atom is 0.328 e. The molecule has 0 aromatic carbocycles. The van der Waals surface area contributed by atoms with Crippen LogP contribution in [0.4, 0.5) is 0 Å². The zero-order valence-electron chi connectivity index (χ0n) is 16.5. The molecule has 5 aliphatic carbocycles. The Morgan fingerprint density at radius 1 is 1.32 bits per heavy atom. The summed E-state index contributed by atoms with van der Waals surface area (Å²) in [6.07, 6.45) is 12.3. The van der Waals surface area contributed by atoms with Gasteiger partial charge >= 0.3 is 5.97 Å². The van der Waals surface area contributed by atoms with Gasteiger partial charge in [-0.05, 0) is 85.7 Å². The van der Waals surface area contributed by atoms with E-state index in [1.165, 1.54) is 5.57 Å². The van der Waals surface area contributed by atoms with Crippen molar-refractivity contribution in [1.29, 1.82) is 0 Å². The van der Waals surface area contributed by atoms with Gasteiger partial charge in [0.2, 0.25) is 0 Å². The van der Waals surface area contributed by atoms with Crippen molar-refractivity contribution >= 4 is 11.8 Å². The van der Waals surface area contributed by atoms with E-state index >= 15 is 0 Å². The molecular formula is C24H30O4. The van der Waals surface area contributed by atoms with E-state index in [4.69, 9.17) is 5.11 Å². The lowest BCUT2D eigenvalue weighted by molar-refractivity contribution is -0.133. The number of hydrogen-bond donors (Lipinski definition) is 2. The number of carboxylic acid groups (broad SMARTS) is 1. The second-order valence-corrected chi connectivity index (χ2v) is 10.2. The number of carbonyl (C=O) groups excluding carboxylic acids is 1. The summed E-state index contributed by atoms with van der Waals surface area (Å²) in [4.78, 5) is 23.1. The van der Waals surface area contributed by atoms with Crippen LogP contribution in [0.15, 0.2) is 36.5 Å². The van der Waals surface area contributed by atoms with Crippen LogP contribution in [0, 0.1) is 46.8 Å². The van der Waals surface area contributed by atoms with Crippen molar-refractivity contribution in [2.45, 2.75) is 51.0 Å². The molecule has 0 aromatic rings. The topological polar surface area (TPSA) is 74.6 Å². The Hall–Kier alpha value is -1.68. The molecule has 4 nitrogen and oxygen atoms in total. The minimum Gasteiger partial charge on any atom is -0.478 e. The first-order chi connectivity index (χ1) is 13.3. The third-order valence-corrected chi connectivity index (χ3v) is 9.21. The number of ketones is 1. The molecule has 5 aliphatic rings. The van der Waals surface area contributed by atoms with Gasteiger partial charge in [0.25, 0.3) is 0 Å². The molecule has 0 unspecified atom stereocenters. The molecule has 2 N–H and O–H groups in total. The SMILES string of the molecule is C=C[C@@H]1CC2=CC(=O)CC[C@@H]2[C@H]2CC[C@@]3(C)[C@@H]([C@@H]4C[C@@H]4[C@@]3(O)/C=C\C(=O)O)[C@@H]21. The van der Waals surface area contributed by atoms with Gasteiger partial charge in [0.05, 0.1) is 5.60 Å². The highest BCUT2D eigenvalue weighted by Crippen LogP contribution is 2.76. The third kappa shape index (κ3) is 2.27. The van der Waals surface area contributed by atoms with E-state index in [-0.39, 0.29) is 17.1 Å². The van der Waals surface area contributed by atoms with Gasteiger partial charge in [-0.25, -0.2) is 4.79 Å². The Bertz CT molecular complexity index is 809. The van der Waals surface area contributed by atoms with Crippen LogP contribution >= 0.6 is 0 Å². The lowest BCUT2D eigenvalue weighted by atomic mass is 9.47. The monoisotopic (exact) mass is 382 g/mol. The summed E-state index contributed by atoms with van der Waals surface area (Å²) in [6.45, 7) is 6.33. The van der Waals surface area contributed by atoms with Gasteiger partial charge < -0.3 is 10.2 Å². The number of fused-ring (bicyclic) bond motifs is 7. The minimum absolute atomic E-state index is 0.187. The van der Waals surface area contributed by atoms with Gasteiger partial charge in [0, 0.05) is 17.9 Å². The molecule has 5 rings (SSSR count). The predicted octanol–water partition coefficient (Wildman–Crippen LogP) is 3.77. The van der Waals surface area contributed by atoms with Crippen molar-refractivity contribution in [1.82, 2.24) is 0 Å². The number of carboxylic acids is 1. The summed E-state index contributed by atoms with van der Waals surface area (Å²) in [6, 6.07) is 0. The van der Waals surface area contributed by atoms with Gasteiger partial charge in [-0.3, -0.25) is 4.79 Å². The lowest BCUT2D eigenvalue weighted by Gasteiger charge is -2.58. The number of hydrogen-bond acceptors (Lipinski definition) is 3. The first kappa shape index (κ1) is 18.4. The van der Waals surface area contributed by atoms with E-state index in [9.17, 15) is 14.7 Å². The summed E-state index contributed by atoms with van der Waals surface area (Å²) in [5.74, 6) is 2.24. The molecule has 4 fully saturated rings. The molecule has 9 atom stereocenters. The van der Waals surface area contributed by atoms with Crippen LogP contribution in [0.2, 0.25) is 0 Å². The van der Waals surface area contributed by atoms with Crippen molar-refractivity contribution in [3.63, 3.8) is 0 Å². The molecule has 0 spiro atoms. The van der Waals surface area contributed by atoms with Crippen LogP contribution < -0.4 is 0 Å². The van der Waals surface area contributed by atoms with Crippen LogP contribution in [0.5, 0.6) is 0 Å². The van der Waals surface area contributed by atoms with Crippen molar-refractivity contribution in [2.24, 2.45) is 46.8 Å². The summed E-state index contributed by atoms with van der Waals surface area (Å²) in [7, 11) is 0. The van der Waals surface area contributed by atoms with Crippen LogP contribution in [-0.4, -0.2) is 27.6 Å². The summed E-state index contributed by atoms with van der Waals surface area (Å²) >= 11 is 0. The van der Waals surface area contributed by atoms with E-state index in [1.807, 2.05) is 6.08 Å². The second kappa shape index (κ2) is 5.91. The number of aliphatic carboxylic acids is 1. The maximum atomic E-state index is 12.0. The van der Waals surface area contributed by atoms with E-state index in [1.54, 1.807) is 6.08 Å². The fraction of sp³-hybridized carbons (Fsp3) is 0.667. The van der Waals surface area contributed by atoms with Gasteiger partial charge in [-0.1, -0.05) is 18.6 Å². The number of carbonyl (C=O) groups is 2. The Labute approximate surface area is 166 Å². The van der Waals surface area contributed by atoms with Crippen molar-refractivity contribution in [2.75, 3.05) is 0 Å². The lowest BCUT2D eigenvalue weighted by Crippen LogP contribution is -2.56. The largest absolute Gasteiger partial charge is 0.478 e. The summed E-state index contributed by atoms with van der Waals surface area (Å²) in [5, 5.41) is 20.8. The Morgan fingerprint density at radius 3 is 2.82 bits per heavy atom.